The highest BCUT2D eigenvalue weighted by molar-refractivity contribution is 5.80. The third kappa shape index (κ3) is 6.84. The second-order valence-corrected chi connectivity index (χ2v) is 8.21. The first-order chi connectivity index (χ1) is 15.2. The maximum Gasteiger partial charge on any atom is 0.220 e. The first kappa shape index (κ1) is 22.9. The van der Waals surface area contributed by atoms with Gasteiger partial charge in [0.1, 0.15) is 0 Å². The smallest absolute Gasteiger partial charge is 0.220 e. The van der Waals surface area contributed by atoms with Gasteiger partial charge in [0.15, 0.2) is 5.96 Å². The molecule has 1 saturated heterocycles. The Morgan fingerprint density at radius 2 is 1.61 bits per heavy atom. The summed E-state index contributed by atoms with van der Waals surface area (Å²) in [6, 6.07) is 21.4. The molecule has 0 atom stereocenters. The molecule has 3 rings (SSSR count). The lowest BCUT2D eigenvalue weighted by atomic mass is 9.89. The Bertz CT molecular complexity index is 774. The summed E-state index contributed by atoms with van der Waals surface area (Å²) in [5.74, 6) is 1.96. The standard InChI is InChI=1S/C26H36N4O/c1-3-28-26(30-18-15-21(16-19-30)20-25(31)27-2)29-17-14-24(22-10-6-4-7-11-22)23-12-8-5-9-13-23/h4-13,21,24H,3,14-20H2,1-2H3,(H,27,31)(H,28,29). The van der Waals surface area contributed by atoms with Crippen LogP contribution in [0.25, 0.3) is 0 Å². The minimum atomic E-state index is 0.145. The topological polar surface area (TPSA) is 56.7 Å². The van der Waals surface area contributed by atoms with Gasteiger partial charge in [-0.15, -0.1) is 0 Å². The quantitative estimate of drug-likeness (QED) is 0.501. The lowest BCUT2D eigenvalue weighted by Crippen LogP contribution is -2.46. The maximum atomic E-state index is 11.7. The van der Waals surface area contributed by atoms with Crippen LogP contribution in [0, 0.1) is 5.92 Å². The third-order valence-electron chi connectivity index (χ3n) is 6.09. The van der Waals surface area contributed by atoms with Crippen LogP contribution in [0.2, 0.25) is 0 Å². The molecule has 1 aliphatic heterocycles. The van der Waals surface area contributed by atoms with Gasteiger partial charge in [0.05, 0.1) is 0 Å². The monoisotopic (exact) mass is 420 g/mol. The Kier molecular flexibility index (Phi) is 8.95. The lowest BCUT2D eigenvalue weighted by molar-refractivity contribution is -0.121. The van der Waals surface area contributed by atoms with Crippen LogP contribution in [-0.4, -0.2) is 50.0 Å². The highest BCUT2D eigenvalue weighted by Gasteiger charge is 2.23. The van der Waals surface area contributed by atoms with Gasteiger partial charge in [0, 0.05) is 45.6 Å². The molecule has 1 heterocycles. The summed E-state index contributed by atoms with van der Waals surface area (Å²) in [5.41, 5.74) is 2.67. The van der Waals surface area contributed by atoms with Crippen molar-refractivity contribution in [2.45, 2.75) is 38.5 Å². The molecule has 5 heteroatoms. The Hall–Kier alpha value is -2.82. The molecule has 0 aliphatic carbocycles. The zero-order valence-electron chi connectivity index (χ0n) is 18.9. The van der Waals surface area contributed by atoms with Crippen molar-refractivity contribution in [2.24, 2.45) is 10.9 Å². The van der Waals surface area contributed by atoms with E-state index < -0.39 is 0 Å². The van der Waals surface area contributed by atoms with Crippen molar-refractivity contribution in [1.82, 2.24) is 15.5 Å². The second kappa shape index (κ2) is 12.1. The van der Waals surface area contributed by atoms with E-state index in [1.54, 1.807) is 7.05 Å². The Balaban J connectivity index is 1.63. The molecule has 0 bridgehead atoms. The molecule has 2 aromatic carbocycles. The number of guanidine groups is 1. The molecule has 1 aliphatic rings. The number of rotatable bonds is 8. The number of carbonyl (C=O) groups excluding carboxylic acids is 1. The van der Waals surface area contributed by atoms with E-state index in [1.165, 1.54) is 11.1 Å². The molecular weight excluding hydrogens is 384 g/mol. The van der Waals surface area contributed by atoms with Crippen molar-refractivity contribution in [3.63, 3.8) is 0 Å². The molecule has 2 N–H and O–H groups in total. The largest absolute Gasteiger partial charge is 0.359 e. The van der Waals surface area contributed by atoms with E-state index in [0.29, 0.717) is 18.3 Å². The van der Waals surface area contributed by atoms with Gasteiger partial charge in [-0.05, 0) is 43.2 Å². The van der Waals surface area contributed by atoms with Crippen LogP contribution in [0.3, 0.4) is 0 Å². The van der Waals surface area contributed by atoms with E-state index in [1.807, 2.05) is 0 Å². The van der Waals surface area contributed by atoms with Gasteiger partial charge in [0.2, 0.25) is 5.91 Å². The van der Waals surface area contributed by atoms with Crippen LogP contribution in [0.4, 0.5) is 0 Å². The van der Waals surface area contributed by atoms with Crippen LogP contribution in [0.15, 0.2) is 65.7 Å². The van der Waals surface area contributed by atoms with Gasteiger partial charge in [0.25, 0.3) is 0 Å². The molecule has 0 aromatic heterocycles. The van der Waals surface area contributed by atoms with Crippen LogP contribution >= 0.6 is 0 Å². The molecule has 2 aromatic rings. The fourth-order valence-corrected chi connectivity index (χ4v) is 4.33. The van der Waals surface area contributed by atoms with E-state index >= 15 is 0 Å². The van der Waals surface area contributed by atoms with Crippen molar-refractivity contribution in [1.29, 1.82) is 0 Å². The van der Waals surface area contributed by atoms with E-state index in [-0.39, 0.29) is 5.91 Å². The van der Waals surface area contributed by atoms with Crippen LogP contribution in [0.5, 0.6) is 0 Å². The molecule has 0 spiro atoms. The molecule has 5 nitrogen and oxygen atoms in total. The second-order valence-electron chi connectivity index (χ2n) is 8.21. The van der Waals surface area contributed by atoms with E-state index in [9.17, 15) is 4.79 Å². The fourth-order valence-electron chi connectivity index (χ4n) is 4.33. The molecule has 31 heavy (non-hydrogen) atoms. The summed E-state index contributed by atoms with van der Waals surface area (Å²) in [4.78, 5) is 19.0. The van der Waals surface area contributed by atoms with Crippen LogP contribution < -0.4 is 10.6 Å². The molecule has 166 valence electrons. The highest BCUT2D eigenvalue weighted by Crippen LogP contribution is 2.28. The third-order valence-corrected chi connectivity index (χ3v) is 6.09. The Morgan fingerprint density at radius 1 is 1.03 bits per heavy atom. The zero-order chi connectivity index (χ0) is 21.9. The number of hydrogen-bond acceptors (Lipinski definition) is 2. The van der Waals surface area contributed by atoms with Gasteiger partial charge in [-0.3, -0.25) is 9.79 Å². The Morgan fingerprint density at radius 3 is 2.13 bits per heavy atom. The predicted molar refractivity (Wildman–Crippen MR) is 128 cm³/mol. The van der Waals surface area contributed by atoms with Crippen molar-refractivity contribution in [3.8, 4) is 0 Å². The SMILES string of the molecule is CCNC(=NCCC(c1ccccc1)c1ccccc1)N1CCC(CC(=O)NC)CC1. The molecule has 0 unspecified atom stereocenters. The van der Waals surface area contributed by atoms with Crippen LogP contribution in [0.1, 0.15) is 49.7 Å². The van der Waals surface area contributed by atoms with E-state index in [4.69, 9.17) is 4.99 Å². The fraction of sp³-hybridized carbons (Fsp3) is 0.462. The van der Waals surface area contributed by atoms with Crippen molar-refractivity contribution < 1.29 is 4.79 Å². The first-order valence-electron chi connectivity index (χ1n) is 11.5. The highest BCUT2D eigenvalue weighted by atomic mass is 16.1. The summed E-state index contributed by atoms with van der Waals surface area (Å²) < 4.78 is 0. The number of hydrogen-bond donors (Lipinski definition) is 2. The number of carbonyl (C=O) groups is 1. The summed E-state index contributed by atoms with van der Waals surface area (Å²) >= 11 is 0. The van der Waals surface area contributed by atoms with Gasteiger partial charge >= 0.3 is 0 Å². The van der Waals surface area contributed by atoms with Gasteiger partial charge in [-0.1, -0.05) is 60.7 Å². The Labute approximate surface area is 187 Å². The molecule has 0 radical (unpaired) electrons. The van der Waals surface area contributed by atoms with E-state index in [2.05, 4.69) is 83.1 Å². The summed E-state index contributed by atoms with van der Waals surface area (Å²) in [7, 11) is 1.71. The lowest BCUT2D eigenvalue weighted by Gasteiger charge is -2.34. The average Bonchev–Trinajstić information content (AvgIpc) is 2.82. The summed E-state index contributed by atoms with van der Waals surface area (Å²) in [5, 5.41) is 6.21. The average molecular weight is 421 g/mol. The predicted octanol–water partition coefficient (Wildman–Crippen LogP) is 4.02. The number of aliphatic imine (C=N–C) groups is 1. The van der Waals surface area contributed by atoms with Crippen molar-refractivity contribution >= 4 is 11.9 Å². The number of amides is 1. The molecule has 1 amide bonds. The van der Waals surface area contributed by atoms with Crippen molar-refractivity contribution in [3.05, 3.63) is 71.8 Å². The number of piperidine rings is 1. The first-order valence-corrected chi connectivity index (χ1v) is 11.5. The van der Waals surface area contributed by atoms with Crippen molar-refractivity contribution in [2.75, 3.05) is 33.2 Å². The number of benzene rings is 2. The van der Waals surface area contributed by atoms with E-state index in [0.717, 1.165) is 51.4 Å². The summed E-state index contributed by atoms with van der Waals surface area (Å²) in [6.45, 7) is 5.65. The zero-order valence-corrected chi connectivity index (χ0v) is 18.9. The minimum absolute atomic E-state index is 0.145. The molecule has 0 saturated carbocycles. The number of likely N-dealkylation sites (tertiary alicyclic amines) is 1. The van der Waals surface area contributed by atoms with Crippen LogP contribution in [-0.2, 0) is 4.79 Å². The minimum Gasteiger partial charge on any atom is -0.359 e. The summed E-state index contributed by atoms with van der Waals surface area (Å²) in [6.07, 6.45) is 3.67. The van der Waals surface area contributed by atoms with Gasteiger partial charge < -0.3 is 15.5 Å². The maximum absolute atomic E-state index is 11.7. The van der Waals surface area contributed by atoms with Gasteiger partial charge in [-0.25, -0.2) is 0 Å². The number of nitrogens with zero attached hydrogens (tertiary/aromatic N) is 2. The number of nitrogens with one attached hydrogen (secondary N) is 2. The van der Waals surface area contributed by atoms with Gasteiger partial charge in [-0.2, -0.15) is 0 Å². The molecule has 1 fully saturated rings. The molecular formula is C26H36N4O. The normalized spacial score (nSPS) is 15.2.